The van der Waals surface area contributed by atoms with E-state index in [1.165, 1.54) is 5.56 Å². The van der Waals surface area contributed by atoms with Gasteiger partial charge in [0.05, 0.1) is 17.6 Å². The molecule has 26 heavy (non-hydrogen) atoms. The van der Waals surface area contributed by atoms with Crippen molar-refractivity contribution in [2.24, 2.45) is 0 Å². The minimum absolute atomic E-state index is 0.933. The molecule has 4 rings (SSSR count). The van der Waals surface area contributed by atoms with Crippen LogP contribution < -0.4 is 0 Å². The van der Waals surface area contributed by atoms with Gasteiger partial charge in [0.25, 0.3) is 0 Å². The van der Waals surface area contributed by atoms with Crippen molar-refractivity contribution in [2.75, 3.05) is 33.2 Å². The second-order valence-electron chi connectivity index (χ2n) is 6.43. The molecule has 3 aromatic rings. The van der Waals surface area contributed by atoms with Crippen molar-refractivity contribution in [3.63, 3.8) is 0 Å². The number of para-hydroxylation sites is 2. The summed E-state index contributed by atoms with van der Waals surface area (Å²) in [4.78, 5) is 12.8. The van der Waals surface area contributed by atoms with Crippen LogP contribution in [0.4, 0.5) is 0 Å². The number of aromatic amines is 1. The van der Waals surface area contributed by atoms with E-state index in [1.54, 1.807) is 0 Å². The maximum Gasteiger partial charge on any atom is 0.121 e. The lowest BCUT2D eigenvalue weighted by atomic mass is 10.2. The van der Waals surface area contributed by atoms with Crippen LogP contribution in [0.1, 0.15) is 25.2 Å². The number of fused-ring (bicyclic) bond motifs is 1. The van der Waals surface area contributed by atoms with E-state index >= 15 is 0 Å². The van der Waals surface area contributed by atoms with E-state index in [2.05, 4.69) is 58.0 Å². The van der Waals surface area contributed by atoms with E-state index in [0.29, 0.717) is 0 Å². The highest BCUT2D eigenvalue weighted by molar-refractivity contribution is 5.74. The lowest BCUT2D eigenvalue weighted by Crippen LogP contribution is -2.44. The number of aryl methyl sites for hydroxylation is 1. The van der Waals surface area contributed by atoms with Gasteiger partial charge in [-0.1, -0.05) is 61.9 Å². The van der Waals surface area contributed by atoms with Crippen molar-refractivity contribution in [3.8, 4) is 0 Å². The smallest absolute Gasteiger partial charge is 0.121 e. The number of aromatic nitrogens is 2. The van der Waals surface area contributed by atoms with Crippen LogP contribution in [-0.4, -0.2) is 53.0 Å². The second-order valence-corrected chi connectivity index (χ2v) is 6.43. The first-order chi connectivity index (χ1) is 12.7. The minimum Gasteiger partial charge on any atom is -0.341 e. The van der Waals surface area contributed by atoms with Crippen LogP contribution >= 0.6 is 0 Å². The van der Waals surface area contributed by atoms with Gasteiger partial charge in [-0.3, -0.25) is 4.90 Å². The quantitative estimate of drug-likeness (QED) is 0.745. The van der Waals surface area contributed by atoms with Gasteiger partial charge in [-0.2, -0.15) is 0 Å². The predicted molar refractivity (Wildman–Crippen MR) is 111 cm³/mol. The highest BCUT2D eigenvalue weighted by atomic mass is 15.3. The summed E-state index contributed by atoms with van der Waals surface area (Å²) in [5.41, 5.74) is 3.52. The first-order valence-corrected chi connectivity index (χ1v) is 9.57. The normalized spacial score (nSPS) is 14.9. The van der Waals surface area contributed by atoms with E-state index in [9.17, 15) is 0 Å². The van der Waals surface area contributed by atoms with Crippen LogP contribution in [0.3, 0.4) is 0 Å². The maximum atomic E-state index is 4.62. The number of nitrogens with zero attached hydrogens (tertiary/aromatic N) is 3. The summed E-state index contributed by atoms with van der Waals surface area (Å²) in [6, 6.07) is 18.5. The molecule has 0 spiro atoms. The van der Waals surface area contributed by atoms with E-state index in [-0.39, 0.29) is 0 Å². The summed E-state index contributed by atoms with van der Waals surface area (Å²) in [6.07, 6.45) is 0. The van der Waals surface area contributed by atoms with E-state index < -0.39 is 0 Å². The van der Waals surface area contributed by atoms with Gasteiger partial charge < -0.3 is 9.88 Å². The lowest BCUT2D eigenvalue weighted by Gasteiger charge is -2.31. The monoisotopic (exact) mass is 352 g/mol. The summed E-state index contributed by atoms with van der Waals surface area (Å²) in [5, 5.41) is 0. The fourth-order valence-corrected chi connectivity index (χ4v) is 2.83. The Morgan fingerprint density at radius 3 is 2.08 bits per heavy atom. The molecule has 4 nitrogen and oxygen atoms in total. The zero-order chi connectivity index (χ0) is 18.8. The average molecular weight is 353 g/mol. The highest BCUT2D eigenvalue weighted by Gasteiger charge is 2.15. The fourth-order valence-electron chi connectivity index (χ4n) is 2.83. The first kappa shape index (κ1) is 20.1. The molecule has 1 saturated heterocycles. The standard InChI is InChI=1S/C13H18N4.C7H8.C2H6/c1-16-6-8-17(9-7-16)10-13-14-11-4-2-3-5-12(11)15-13;1-7-5-3-2-4-6-7;1-2/h2-5H,6-10H2,1H3,(H,14,15);2-6H,1H3;1-2H3. The van der Waals surface area contributed by atoms with Crippen LogP contribution in [0, 0.1) is 6.92 Å². The Morgan fingerprint density at radius 1 is 0.885 bits per heavy atom. The molecule has 1 aliphatic heterocycles. The summed E-state index contributed by atoms with van der Waals surface area (Å²) < 4.78 is 0. The molecular weight excluding hydrogens is 320 g/mol. The number of rotatable bonds is 2. The fraction of sp³-hybridized carbons (Fsp3) is 0.409. The zero-order valence-electron chi connectivity index (χ0n) is 16.6. The van der Waals surface area contributed by atoms with Crippen LogP contribution in [0.2, 0.25) is 0 Å². The van der Waals surface area contributed by atoms with Crippen molar-refractivity contribution in [1.82, 2.24) is 19.8 Å². The van der Waals surface area contributed by atoms with Crippen LogP contribution in [0.25, 0.3) is 11.0 Å². The molecular formula is C22H32N4. The Labute approximate surface area is 157 Å². The Balaban J connectivity index is 0.000000227. The molecule has 2 heterocycles. The molecule has 4 heteroatoms. The largest absolute Gasteiger partial charge is 0.341 e. The van der Waals surface area contributed by atoms with Gasteiger partial charge in [0.1, 0.15) is 5.82 Å². The average Bonchev–Trinajstić information content (AvgIpc) is 3.09. The predicted octanol–water partition coefficient (Wildman–Crippen LogP) is 4.33. The Morgan fingerprint density at radius 2 is 1.50 bits per heavy atom. The Hall–Kier alpha value is -2.17. The zero-order valence-corrected chi connectivity index (χ0v) is 16.6. The van der Waals surface area contributed by atoms with Gasteiger partial charge in [0.2, 0.25) is 0 Å². The molecule has 0 aliphatic carbocycles. The third kappa shape index (κ3) is 6.28. The number of H-pyrrole nitrogens is 1. The molecule has 1 N–H and O–H groups in total. The molecule has 140 valence electrons. The van der Waals surface area contributed by atoms with Crippen molar-refractivity contribution in [3.05, 3.63) is 66.0 Å². The number of hydrogen-bond acceptors (Lipinski definition) is 3. The Kier molecular flexibility index (Phi) is 8.32. The van der Waals surface area contributed by atoms with Crippen molar-refractivity contribution in [1.29, 1.82) is 0 Å². The van der Waals surface area contributed by atoms with Gasteiger partial charge in [0.15, 0.2) is 0 Å². The van der Waals surface area contributed by atoms with Crippen molar-refractivity contribution < 1.29 is 0 Å². The third-order valence-corrected chi connectivity index (χ3v) is 4.35. The number of benzene rings is 2. The summed E-state index contributed by atoms with van der Waals surface area (Å²) in [5.74, 6) is 1.08. The molecule has 1 aromatic heterocycles. The SMILES string of the molecule is CC.CN1CCN(Cc2nc3ccccc3[nH]2)CC1.Cc1ccccc1. The molecule has 0 amide bonds. The summed E-state index contributed by atoms with van der Waals surface area (Å²) >= 11 is 0. The molecule has 2 aromatic carbocycles. The molecule has 0 bridgehead atoms. The van der Waals surface area contributed by atoms with Crippen LogP contribution in [0.5, 0.6) is 0 Å². The van der Waals surface area contributed by atoms with E-state index in [1.807, 2.05) is 44.2 Å². The molecule has 0 unspecified atom stereocenters. The van der Waals surface area contributed by atoms with Gasteiger partial charge in [0, 0.05) is 26.2 Å². The molecule has 0 atom stereocenters. The van der Waals surface area contributed by atoms with Gasteiger partial charge in [-0.15, -0.1) is 0 Å². The topological polar surface area (TPSA) is 35.2 Å². The van der Waals surface area contributed by atoms with Gasteiger partial charge in [-0.25, -0.2) is 4.98 Å². The number of piperazine rings is 1. The number of imidazole rings is 1. The molecule has 1 fully saturated rings. The van der Waals surface area contributed by atoms with E-state index in [0.717, 1.165) is 49.6 Å². The molecule has 0 radical (unpaired) electrons. The number of likely N-dealkylation sites (N-methyl/N-ethyl adjacent to an activating group) is 1. The third-order valence-electron chi connectivity index (χ3n) is 4.35. The summed E-state index contributed by atoms with van der Waals surface area (Å²) in [6.45, 7) is 11.6. The van der Waals surface area contributed by atoms with Crippen molar-refractivity contribution >= 4 is 11.0 Å². The van der Waals surface area contributed by atoms with Gasteiger partial charge >= 0.3 is 0 Å². The van der Waals surface area contributed by atoms with Crippen molar-refractivity contribution in [2.45, 2.75) is 27.3 Å². The molecule has 0 saturated carbocycles. The lowest BCUT2D eigenvalue weighted by molar-refractivity contribution is 0.146. The Bertz CT molecular complexity index is 710. The minimum atomic E-state index is 0.933. The molecule has 1 aliphatic rings. The van der Waals surface area contributed by atoms with E-state index in [4.69, 9.17) is 0 Å². The second kappa shape index (κ2) is 10.7. The van der Waals surface area contributed by atoms with Crippen LogP contribution in [0.15, 0.2) is 54.6 Å². The maximum absolute atomic E-state index is 4.62. The summed E-state index contributed by atoms with van der Waals surface area (Å²) in [7, 11) is 2.18. The van der Waals surface area contributed by atoms with Crippen LogP contribution in [-0.2, 0) is 6.54 Å². The highest BCUT2D eigenvalue weighted by Crippen LogP contribution is 2.12. The number of hydrogen-bond donors (Lipinski definition) is 1. The first-order valence-electron chi connectivity index (χ1n) is 9.57. The number of nitrogens with one attached hydrogen (secondary N) is 1. The van der Waals surface area contributed by atoms with Gasteiger partial charge in [-0.05, 0) is 26.1 Å².